The Balaban J connectivity index is 1.84. The molecule has 4 unspecified atom stereocenters. The zero-order chi connectivity index (χ0) is 12.7. The van der Waals surface area contributed by atoms with Gasteiger partial charge in [-0.1, -0.05) is 0 Å². The lowest BCUT2D eigenvalue weighted by atomic mass is 10.0. The largest absolute Gasteiger partial charge is 0.372 e. The first-order chi connectivity index (χ1) is 8.65. The Bertz CT molecular complexity index is 406. The van der Waals surface area contributed by atoms with Gasteiger partial charge in [0.15, 0.2) is 0 Å². The minimum Gasteiger partial charge on any atom is -0.372 e. The fraction of sp³-hybridized carbons (Fsp3) is 0.714. The molecular weight excluding hydrogens is 244 g/mol. The summed E-state index contributed by atoms with van der Waals surface area (Å²) in [4.78, 5) is 3.99. The second-order valence-corrected chi connectivity index (χ2v) is 6.63. The number of aryl methyl sites for hydroxylation is 1. The first kappa shape index (κ1) is 12.6. The molecule has 2 fully saturated rings. The highest BCUT2D eigenvalue weighted by Crippen LogP contribution is 2.36. The molecular formula is C14H22N2OS. The average Bonchev–Trinajstić information content (AvgIpc) is 2.86. The number of hydrogen-bond acceptors (Lipinski definition) is 4. The van der Waals surface area contributed by atoms with Crippen LogP contribution in [0.5, 0.6) is 0 Å². The second kappa shape index (κ2) is 4.93. The monoisotopic (exact) mass is 266 g/mol. The standard InChI is InChI=1S/C14H22N2OS/c1-9-5-6-18-14(9)13(10(2)15)16-7-11-3-4-12(8-16)17-11/h5-6,10-13H,3-4,7-8,15H2,1-2H3. The summed E-state index contributed by atoms with van der Waals surface area (Å²) in [6.07, 6.45) is 3.31. The molecule has 4 atom stereocenters. The van der Waals surface area contributed by atoms with E-state index in [1.165, 1.54) is 23.3 Å². The molecule has 4 heteroatoms. The van der Waals surface area contributed by atoms with Gasteiger partial charge in [-0.25, -0.2) is 0 Å². The van der Waals surface area contributed by atoms with Gasteiger partial charge >= 0.3 is 0 Å². The fourth-order valence-corrected chi connectivity index (χ4v) is 4.47. The maximum absolute atomic E-state index is 6.26. The van der Waals surface area contributed by atoms with Crippen LogP contribution in [0.4, 0.5) is 0 Å². The summed E-state index contributed by atoms with van der Waals surface area (Å²) in [6.45, 7) is 6.40. The van der Waals surface area contributed by atoms with E-state index >= 15 is 0 Å². The lowest BCUT2D eigenvalue weighted by Gasteiger charge is -2.39. The Kier molecular flexibility index (Phi) is 3.45. The van der Waals surface area contributed by atoms with Crippen molar-refractivity contribution in [2.75, 3.05) is 13.1 Å². The van der Waals surface area contributed by atoms with Crippen molar-refractivity contribution >= 4 is 11.3 Å². The Labute approximate surface area is 113 Å². The Morgan fingerprint density at radius 2 is 2.06 bits per heavy atom. The molecule has 3 nitrogen and oxygen atoms in total. The Morgan fingerprint density at radius 3 is 2.56 bits per heavy atom. The molecule has 1 aromatic heterocycles. The van der Waals surface area contributed by atoms with Crippen LogP contribution >= 0.6 is 11.3 Å². The molecule has 1 aromatic rings. The fourth-order valence-electron chi connectivity index (χ4n) is 3.30. The molecule has 0 spiro atoms. The number of likely N-dealkylation sites (tertiary alicyclic amines) is 1. The van der Waals surface area contributed by atoms with Gasteiger partial charge in [-0.3, -0.25) is 4.90 Å². The molecule has 2 saturated heterocycles. The van der Waals surface area contributed by atoms with Crippen LogP contribution in [0, 0.1) is 6.92 Å². The van der Waals surface area contributed by atoms with Crippen LogP contribution < -0.4 is 5.73 Å². The van der Waals surface area contributed by atoms with Gasteiger partial charge in [0.1, 0.15) is 0 Å². The predicted octanol–water partition coefficient (Wildman–Crippen LogP) is 2.31. The molecule has 18 heavy (non-hydrogen) atoms. The van der Waals surface area contributed by atoms with Gasteiger partial charge in [-0.15, -0.1) is 11.3 Å². The quantitative estimate of drug-likeness (QED) is 0.912. The number of nitrogens with two attached hydrogens (primary N) is 1. The molecule has 0 amide bonds. The molecule has 2 N–H and O–H groups in total. The lowest BCUT2D eigenvalue weighted by molar-refractivity contribution is -0.0555. The third-order valence-electron chi connectivity index (χ3n) is 4.13. The van der Waals surface area contributed by atoms with Crippen molar-refractivity contribution < 1.29 is 4.74 Å². The van der Waals surface area contributed by atoms with Gasteiger partial charge in [0, 0.05) is 24.0 Å². The van der Waals surface area contributed by atoms with E-state index in [1.54, 1.807) is 0 Å². The smallest absolute Gasteiger partial charge is 0.0707 e. The van der Waals surface area contributed by atoms with Gasteiger partial charge in [0.25, 0.3) is 0 Å². The topological polar surface area (TPSA) is 38.5 Å². The van der Waals surface area contributed by atoms with E-state index in [9.17, 15) is 0 Å². The zero-order valence-electron chi connectivity index (χ0n) is 11.1. The molecule has 0 radical (unpaired) electrons. The van der Waals surface area contributed by atoms with Crippen molar-refractivity contribution in [3.05, 3.63) is 21.9 Å². The van der Waals surface area contributed by atoms with Crippen molar-refractivity contribution in [1.82, 2.24) is 4.90 Å². The van der Waals surface area contributed by atoms with E-state index in [0.717, 1.165) is 13.1 Å². The number of morpholine rings is 1. The minimum atomic E-state index is 0.167. The average molecular weight is 266 g/mol. The molecule has 0 aliphatic carbocycles. The van der Waals surface area contributed by atoms with E-state index in [0.29, 0.717) is 18.2 Å². The van der Waals surface area contributed by atoms with E-state index in [4.69, 9.17) is 10.5 Å². The minimum absolute atomic E-state index is 0.167. The van der Waals surface area contributed by atoms with Gasteiger partial charge in [0.05, 0.1) is 18.2 Å². The second-order valence-electron chi connectivity index (χ2n) is 5.68. The van der Waals surface area contributed by atoms with Crippen LogP contribution in [0.1, 0.15) is 36.2 Å². The maximum Gasteiger partial charge on any atom is 0.0707 e. The number of fused-ring (bicyclic) bond motifs is 2. The Morgan fingerprint density at radius 1 is 1.39 bits per heavy atom. The van der Waals surface area contributed by atoms with E-state index in [-0.39, 0.29) is 6.04 Å². The maximum atomic E-state index is 6.26. The zero-order valence-corrected chi connectivity index (χ0v) is 12.0. The third kappa shape index (κ3) is 2.23. The molecule has 2 bridgehead atoms. The number of hydrogen-bond donors (Lipinski definition) is 1. The summed E-state index contributed by atoms with van der Waals surface area (Å²) in [5.41, 5.74) is 7.64. The highest BCUT2D eigenvalue weighted by atomic mass is 32.1. The van der Waals surface area contributed by atoms with Gasteiger partial charge in [-0.2, -0.15) is 0 Å². The summed E-state index contributed by atoms with van der Waals surface area (Å²) in [5, 5.41) is 2.18. The van der Waals surface area contributed by atoms with Crippen LogP contribution in [0.2, 0.25) is 0 Å². The molecule has 100 valence electrons. The number of nitrogens with zero attached hydrogens (tertiary/aromatic N) is 1. The molecule has 2 aliphatic rings. The van der Waals surface area contributed by atoms with E-state index in [1.807, 2.05) is 11.3 Å². The third-order valence-corrected chi connectivity index (χ3v) is 5.22. The molecule has 3 rings (SSSR count). The molecule has 0 saturated carbocycles. The van der Waals surface area contributed by atoms with Crippen molar-refractivity contribution in [2.24, 2.45) is 5.73 Å². The van der Waals surface area contributed by atoms with Gasteiger partial charge < -0.3 is 10.5 Å². The highest BCUT2D eigenvalue weighted by molar-refractivity contribution is 7.10. The van der Waals surface area contributed by atoms with Crippen LogP contribution in [0.3, 0.4) is 0 Å². The predicted molar refractivity (Wildman–Crippen MR) is 74.9 cm³/mol. The lowest BCUT2D eigenvalue weighted by Crippen LogP contribution is -2.48. The van der Waals surface area contributed by atoms with E-state index in [2.05, 4.69) is 30.2 Å². The number of ether oxygens (including phenoxy) is 1. The van der Waals surface area contributed by atoms with Crippen molar-refractivity contribution in [2.45, 2.75) is 51.0 Å². The summed E-state index contributed by atoms with van der Waals surface area (Å²) < 4.78 is 5.93. The van der Waals surface area contributed by atoms with Crippen molar-refractivity contribution in [1.29, 1.82) is 0 Å². The summed E-state index contributed by atoms with van der Waals surface area (Å²) in [6, 6.07) is 2.72. The highest BCUT2D eigenvalue weighted by Gasteiger charge is 2.38. The van der Waals surface area contributed by atoms with Crippen molar-refractivity contribution in [3.8, 4) is 0 Å². The SMILES string of the molecule is Cc1ccsc1C(C(C)N)N1CC2CCC(C1)O2. The van der Waals surface area contributed by atoms with Gasteiger partial charge in [-0.05, 0) is 43.7 Å². The Hall–Kier alpha value is -0.420. The van der Waals surface area contributed by atoms with Crippen LogP contribution in [0.25, 0.3) is 0 Å². The summed E-state index contributed by atoms with van der Waals surface area (Å²) in [5.74, 6) is 0. The summed E-state index contributed by atoms with van der Waals surface area (Å²) >= 11 is 1.84. The van der Waals surface area contributed by atoms with Crippen LogP contribution in [-0.4, -0.2) is 36.2 Å². The number of rotatable bonds is 3. The first-order valence-corrected chi connectivity index (χ1v) is 7.72. The van der Waals surface area contributed by atoms with E-state index < -0.39 is 0 Å². The molecule has 0 aromatic carbocycles. The van der Waals surface area contributed by atoms with Crippen molar-refractivity contribution in [3.63, 3.8) is 0 Å². The molecule has 2 aliphatic heterocycles. The van der Waals surface area contributed by atoms with Crippen LogP contribution in [0.15, 0.2) is 11.4 Å². The normalized spacial score (nSPS) is 31.5. The van der Waals surface area contributed by atoms with Gasteiger partial charge in [0.2, 0.25) is 0 Å². The van der Waals surface area contributed by atoms with Crippen LogP contribution in [-0.2, 0) is 4.74 Å². The first-order valence-electron chi connectivity index (χ1n) is 6.84. The number of thiophene rings is 1. The summed E-state index contributed by atoms with van der Waals surface area (Å²) in [7, 11) is 0. The molecule has 3 heterocycles.